The fourth-order valence-corrected chi connectivity index (χ4v) is 2.17. The second-order valence-electron chi connectivity index (χ2n) is 4.73. The molecule has 1 heterocycles. The molecule has 4 heteroatoms. The number of nitrogens with one attached hydrogen (secondary N) is 2. The number of rotatable bonds is 5. The van der Waals surface area contributed by atoms with Crippen LogP contribution >= 0.6 is 0 Å². The largest absolute Gasteiger partial charge is 0.496 e. The van der Waals surface area contributed by atoms with Crippen LogP contribution in [0.3, 0.4) is 0 Å². The van der Waals surface area contributed by atoms with Gasteiger partial charge in [-0.05, 0) is 44.2 Å². The van der Waals surface area contributed by atoms with E-state index in [9.17, 15) is 0 Å². The summed E-state index contributed by atoms with van der Waals surface area (Å²) in [7, 11) is 3.65. The van der Waals surface area contributed by atoms with Gasteiger partial charge in [-0.25, -0.2) is 4.98 Å². The summed E-state index contributed by atoms with van der Waals surface area (Å²) in [4.78, 5) is 7.79. The zero-order valence-electron chi connectivity index (χ0n) is 12.0. The monoisotopic (exact) mass is 259 g/mol. The van der Waals surface area contributed by atoms with Gasteiger partial charge in [0.1, 0.15) is 11.6 Å². The van der Waals surface area contributed by atoms with Crippen molar-refractivity contribution in [3.63, 3.8) is 0 Å². The highest BCUT2D eigenvalue weighted by molar-refractivity contribution is 5.66. The molecule has 0 saturated carbocycles. The Hall–Kier alpha value is -1.81. The highest BCUT2D eigenvalue weighted by Gasteiger charge is 2.09. The number of benzene rings is 1. The number of H-pyrrole nitrogens is 1. The Morgan fingerprint density at radius 3 is 2.74 bits per heavy atom. The number of methoxy groups -OCH3 is 1. The summed E-state index contributed by atoms with van der Waals surface area (Å²) in [6.45, 7) is 5.07. The Kier molecular flexibility index (Phi) is 4.22. The van der Waals surface area contributed by atoms with Crippen molar-refractivity contribution in [2.24, 2.45) is 0 Å². The number of likely N-dealkylation sites (N-methyl/N-ethyl adjacent to an activating group) is 1. The van der Waals surface area contributed by atoms with Gasteiger partial charge in [-0.1, -0.05) is 0 Å². The maximum Gasteiger partial charge on any atom is 0.122 e. The van der Waals surface area contributed by atoms with E-state index in [2.05, 4.69) is 41.3 Å². The molecule has 1 aromatic carbocycles. The highest BCUT2D eigenvalue weighted by Crippen LogP contribution is 2.28. The number of ether oxygens (including phenoxy) is 1. The van der Waals surface area contributed by atoms with Crippen molar-refractivity contribution in [1.82, 2.24) is 15.3 Å². The Bertz CT molecular complexity index is 561. The zero-order valence-corrected chi connectivity index (χ0v) is 12.0. The minimum absolute atomic E-state index is 0.907. The third kappa shape index (κ3) is 2.96. The van der Waals surface area contributed by atoms with Gasteiger partial charge in [0.2, 0.25) is 0 Å². The van der Waals surface area contributed by atoms with Gasteiger partial charge >= 0.3 is 0 Å². The fraction of sp³-hybridized carbons (Fsp3) is 0.400. The predicted octanol–water partition coefficient (Wildman–Crippen LogP) is 2.46. The number of aromatic nitrogens is 2. The quantitative estimate of drug-likeness (QED) is 0.867. The topological polar surface area (TPSA) is 49.9 Å². The van der Waals surface area contributed by atoms with Crippen molar-refractivity contribution >= 4 is 0 Å². The molecule has 0 aliphatic carbocycles. The number of imidazole rings is 1. The van der Waals surface area contributed by atoms with Crippen LogP contribution in [0.5, 0.6) is 5.75 Å². The first kappa shape index (κ1) is 13.6. The molecule has 2 rings (SSSR count). The molecule has 0 aliphatic rings. The summed E-state index contributed by atoms with van der Waals surface area (Å²) in [5.74, 6) is 1.94. The van der Waals surface area contributed by atoms with Crippen LogP contribution in [0.15, 0.2) is 18.3 Å². The van der Waals surface area contributed by atoms with Crippen molar-refractivity contribution in [2.75, 3.05) is 20.7 Å². The molecule has 0 aliphatic heterocycles. The normalized spacial score (nSPS) is 10.7. The molecule has 2 aromatic rings. The van der Waals surface area contributed by atoms with Crippen LogP contribution in [0.1, 0.15) is 17.0 Å². The predicted molar refractivity (Wildman–Crippen MR) is 77.7 cm³/mol. The van der Waals surface area contributed by atoms with E-state index in [-0.39, 0.29) is 0 Å². The minimum atomic E-state index is 0.907. The van der Waals surface area contributed by atoms with Gasteiger partial charge < -0.3 is 15.0 Å². The number of nitrogens with zero attached hydrogens (tertiary/aromatic N) is 1. The van der Waals surface area contributed by atoms with E-state index in [0.717, 1.165) is 35.8 Å². The van der Waals surface area contributed by atoms with E-state index in [1.807, 2.05) is 13.2 Å². The van der Waals surface area contributed by atoms with Crippen LogP contribution in [-0.4, -0.2) is 30.7 Å². The molecular weight excluding hydrogens is 238 g/mol. The van der Waals surface area contributed by atoms with Crippen LogP contribution in [0.2, 0.25) is 0 Å². The van der Waals surface area contributed by atoms with Crippen LogP contribution in [0, 0.1) is 13.8 Å². The lowest BCUT2D eigenvalue weighted by Crippen LogP contribution is -2.11. The van der Waals surface area contributed by atoms with Crippen molar-refractivity contribution < 1.29 is 4.74 Å². The van der Waals surface area contributed by atoms with Crippen molar-refractivity contribution in [2.45, 2.75) is 20.3 Å². The van der Waals surface area contributed by atoms with Crippen molar-refractivity contribution in [3.05, 3.63) is 35.3 Å². The average Bonchev–Trinajstić information content (AvgIpc) is 2.87. The number of hydrogen-bond acceptors (Lipinski definition) is 3. The Labute approximate surface area is 114 Å². The number of aromatic amines is 1. The Morgan fingerprint density at radius 1 is 1.26 bits per heavy atom. The molecule has 1 aromatic heterocycles. The van der Waals surface area contributed by atoms with Gasteiger partial charge in [0.15, 0.2) is 0 Å². The van der Waals surface area contributed by atoms with Crippen LogP contribution < -0.4 is 10.1 Å². The minimum Gasteiger partial charge on any atom is -0.496 e. The SMILES string of the molecule is CNCCc1ncc(-c2cc(C)c(OC)cc2C)[nH]1. The van der Waals surface area contributed by atoms with Crippen LogP contribution in [0.25, 0.3) is 11.3 Å². The lowest BCUT2D eigenvalue weighted by Gasteiger charge is -2.10. The Morgan fingerprint density at radius 2 is 2.05 bits per heavy atom. The van der Waals surface area contributed by atoms with Gasteiger partial charge in [-0.2, -0.15) is 0 Å². The van der Waals surface area contributed by atoms with E-state index in [1.165, 1.54) is 11.1 Å². The third-order valence-electron chi connectivity index (χ3n) is 3.27. The summed E-state index contributed by atoms with van der Waals surface area (Å²) in [6.07, 6.45) is 2.81. The molecule has 4 nitrogen and oxygen atoms in total. The first-order valence-electron chi connectivity index (χ1n) is 6.49. The summed E-state index contributed by atoms with van der Waals surface area (Å²) in [5, 5.41) is 3.12. The second-order valence-corrected chi connectivity index (χ2v) is 4.73. The highest BCUT2D eigenvalue weighted by atomic mass is 16.5. The zero-order chi connectivity index (χ0) is 13.8. The van der Waals surface area contributed by atoms with E-state index in [0.29, 0.717) is 0 Å². The van der Waals surface area contributed by atoms with Crippen molar-refractivity contribution in [3.8, 4) is 17.0 Å². The van der Waals surface area contributed by atoms with E-state index in [4.69, 9.17) is 4.74 Å². The molecule has 19 heavy (non-hydrogen) atoms. The smallest absolute Gasteiger partial charge is 0.122 e. The summed E-state index contributed by atoms with van der Waals surface area (Å²) in [5.41, 5.74) is 4.57. The van der Waals surface area contributed by atoms with Gasteiger partial charge in [-0.3, -0.25) is 0 Å². The summed E-state index contributed by atoms with van der Waals surface area (Å²) < 4.78 is 5.34. The maximum atomic E-state index is 5.34. The fourth-order valence-electron chi connectivity index (χ4n) is 2.17. The molecule has 0 amide bonds. The van der Waals surface area contributed by atoms with Crippen LogP contribution in [0.4, 0.5) is 0 Å². The molecule has 2 N–H and O–H groups in total. The van der Waals surface area contributed by atoms with Gasteiger partial charge in [0.25, 0.3) is 0 Å². The molecule has 102 valence electrons. The lowest BCUT2D eigenvalue weighted by molar-refractivity contribution is 0.411. The van der Waals surface area contributed by atoms with E-state index >= 15 is 0 Å². The molecule has 0 bridgehead atoms. The van der Waals surface area contributed by atoms with Crippen molar-refractivity contribution in [1.29, 1.82) is 0 Å². The number of aryl methyl sites for hydroxylation is 2. The molecule has 0 radical (unpaired) electrons. The summed E-state index contributed by atoms with van der Waals surface area (Å²) in [6, 6.07) is 4.21. The van der Waals surface area contributed by atoms with E-state index in [1.54, 1.807) is 7.11 Å². The average molecular weight is 259 g/mol. The number of hydrogen-bond donors (Lipinski definition) is 2. The first-order chi connectivity index (χ1) is 9.15. The van der Waals surface area contributed by atoms with Crippen LogP contribution in [-0.2, 0) is 6.42 Å². The van der Waals surface area contributed by atoms with Gasteiger partial charge in [0.05, 0.1) is 19.0 Å². The molecule has 0 saturated heterocycles. The lowest BCUT2D eigenvalue weighted by atomic mass is 10.0. The first-order valence-corrected chi connectivity index (χ1v) is 6.49. The molecular formula is C15H21N3O. The van der Waals surface area contributed by atoms with E-state index < -0.39 is 0 Å². The van der Waals surface area contributed by atoms with Gasteiger partial charge in [-0.15, -0.1) is 0 Å². The third-order valence-corrected chi connectivity index (χ3v) is 3.27. The molecule has 0 fully saturated rings. The molecule has 0 unspecified atom stereocenters. The molecule has 0 spiro atoms. The molecule has 0 atom stereocenters. The summed E-state index contributed by atoms with van der Waals surface area (Å²) >= 11 is 0. The standard InChI is InChI=1S/C15H21N3O/c1-10-8-14(19-4)11(2)7-12(10)13-9-17-15(18-13)5-6-16-3/h7-9,16H,5-6H2,1-4H3,(H,17,18). The Balaban J connectivity index is 2.31. The maximum absolute atomic E-state index is 5.34. The van der Waals surface area contributed by atoms with Gasteiger partial charge in [0, 0.05) is 18.5 Å². The second kappa shape index (κ2) is 5.89.